The monoisotopic (exact) mass is 333 g/mol. The molecule has 122 valence electrons. The number of allylic oxidation sites excluding steroid dienone is 3. The number of aliphatic imine (C=N–C) groups is 1. The molecule has 0 unspecified atom stereocenters. The Balaban J connectivity index is 2.78. The summed E-state index contributed by atoms with van der Waals surface area (Å²) in [6, 6.07) is 0. The molecule has 0 aromatic rings. The molecule has 1 aliphatic heterocycles. The molecular weight excluding hydrogens is 302 g/mol. The molecule has 1 heterocycles. The smallest absolute Gasteiger partial charge is 0.138 e. The van der Waals surface area contributed by atoms with Crippen molar-refractivity contribution in [2.75, 3.05) is 28.2 Å². The Morgan fingerprint density at radius 3 is 1.68 bits per heavy atom. The van der Waals surface area contributed by atoms with Crippen LogP contribution in [0.5, 0.6) is 0 Å². The molecule has 0 saturated heterocycles. The second-order valence-corrected chi connectivity index (χ2v) is 18.8. The summed E-state index contributed by atoms with van der Waals surface area (Å²) in [5.41, 5.74) is 2.84. The normalized spacial score (nSPS) is 18.6. The van der Waals surface area contributed by atoms with Crippen LogP contribution in [0.2, 0.25) is 39.3 Å². The van der Waals surface area contributed by atoms with Gasteiger partial charge in [0.25, 0.3) is 0 Å². The van der Waals surface area contributed by atoms with Crippen LogP contribution in [0.15, 0.2) is 38.4 Å². The van der Waals surface area contributed by atoms with Crippen LogP contribution in [-0.2, 0) is 0 Å². The second kappa shape index (κ2) is 5.23. The maximum Gasteiger partial charge on any atom is 0.138 e. The van der Waals surface area contributed by atoms with Gasteiger partial charge in [0.1, 0.15) is 11.7 Å². The van der Waals surface area contributed by atoms with E-state index in [1.165, 1.54) is 11.1 Å². The Morgan fingerprint density at radius 1 is 0.773 bits per heavy atom. The van der Waals surface area contributed by atoms with Gasteiger partial charge < -0.3 is 9.80 Å². The average Bonchev–Trinajstić information content (AvgIpc) is 2.81. The fraction of sp³-hybridized carbons (Fsp3) is 0.588. The zero-order valence-electron chi connectivity index (χ0n) is 15.9. The van der Waals surface area contributed by atoms with Gasteiger partial charge in [-0.25, -0.2) is 4.99 Å². The van der Waals surface area contributed by atoms with Gasteiger partial charge in [0.15, 0.2) is 0 Å². The van der Waals surface area contributed by atoms with Gasteiger partial charge in [-0.15, -0.1) is 0 Å². The molecule has 5 heteroatoms. The Bertz CT molecular complexity index is 621. The van der Waals surface area contributed by atoms with Crippen molar-refractivity contribution in [2.45, 2.75) is 39.3 Å². The summed E-state index contributed by atoms with van der Waals surface area (Å²) in [5, 5.41) is 3.15. The highest BCUT2D eigenvalue weighted by Gasteiger charge is 2.42. The van der Waals surface area contributed by atoms with Crippen LogP contribution in [0.25, 0.3) is 0 Å². The van der Waals surface area contributed by atoms with Crippen LogP contribution in [-0.4, -0.2) is 60.0 Å². The number of hydrogen-bond acceptors (Lipinski definition) is 3. The van der Waals surface area contributed by atoms with E-state index in [0.717, 1.165) is 11.7 Å². The maximum atomic E-state index is 4.99. The van der Waals surface area contributed by atoms with Gasteiger partial charge in [-0.3, -0.25) is 0 Å². The summed E-state index contributed by atoms with van der Waals surface area (Å²) in [4.78, 5) is 9.34. The van der Waals surface area contributed by atoms with Gasteiger partial charge in [0.2, 0.25) is 0 Å². The molecule has 0 fully saturated rings. The van der Waals surface area contributed by atoms with Gasteiger partial charge in [-0.05, 0) is 10.4 Å². The maximum absolute atomic E-state index is 4.99. The molecule has 0 N–H and O–H groups in total. The first-order chi connectivity index (χ1) is 9.85. The molecule has 1 aliphatic carbocycles. The van der Waals surface area contributed by atoms with Crippen molar-refractivity contribution in [3.63, 3.8) is 0 Å². The van der Waals surface area contributed by atoms with Crippen molar-refractivity contribution in [3.8, 4) is 0 Å². The number of fused-ring (bicyclic) bond motifs is 1. The Labute approximate surface area is 138 Å². The predicted octanol–water partition coefficient (Wildman–Crippen LogP) is 3.72. The zero-order chi connectivity index (χ0) is 17.0. The molecule has 0 bridgehead atoms. The lowest BCUT2D eigenvalue weighted by atomic mass is 10.1. The standard InChI is InChI=1S/C17H31N3Si2/c1-19(2)16-14-12(21(5,6)7)11-13(22(8,9)10)15(14)17(18-16)20(3)4/h11H,1-10H3. The highest BCUT2D eigenvalue weighted by Crippen LogP contribution is 2.46. The lowest BCUT2D eigenvalue weighted by Gasteiger charge is -2.23. The Kier molecular flexibility index (Phi) is 4.11. The molecule has 0 spiro atoms. The van der Waals surface area contributed by atoms with Crippen LogP contribution in [0, 0.1) is 0 Å². The van der Waals surface area contributed by atoms with Crippen LogP contribution >= 0.6 is 0 Å². The van der Waals surface area contributed by atoms with E-state index in [2.05, 4.69) is 83.3 Å². The van der Waals surface area contributed by atoms with Crippen LogP contribution < -0.4 is 0 Å². The number of likely N-dealkylation sites (N-methyl/N-ethyl adjacent to an activating group) is 1. The van der Waals surface area contributed by atoms with Crippen LogP contribution in [0.1, 0.15) is 0 Å². The zero-order valence-corrected chi connectivity index (χ0v) is 17.9. The third kappa shape index (κ3) is 2.76. The molecular formula is C17H31N3Si2. The summed E-state index contributed by atoms with van der Waals surface area (Å²) in [5.74, 6) is 2.28. The lowest BCUT2D eigenvalue weighted by Crippen LogP contribution is -2.29. The number of hydrogen-bond donors (Lipinski definition) is 0. The third-order valence-electron chi connectivity index (χ3n) is 4.20. The Morgan fingerprint density at radius 2 is 1.32 bits per heavy atom. The summed E-state index contributed by atoms with van der Waals surface area (Å²) in [6.07, 6.45) is 2.53. The van der Waals surface area contributed by atoms with Gasteiger partial charge in [-0.1, -0.05) is 45.4 Å². The van der Waals surface area contributed by atoms with E-state index in [1.807, 2.05) is 0 Å². The second-order valence-electron chi connectivity index (χ2n) is 8.77. The SMILES string of the molecule is CN(C)C1=NC(N(C)C)=C2C([Si](C)(C)C)=CC([Si](C)(C)C)=C12. The average molecular weight is 334 g/mol. The number of amidine groups is 1. The fourth-order valence-corrected chi connectivity index (χ4v) is 6.34. The molecule has 0 aromatic carbocycles. The van der Waals surface area contributed by atoms with E-state index in [-0.39, 0.29) is 0 Å². The predicted molar refractivity (Wildman–Crippen MR) is 104 cm³/mol. The van der Waals surface area contributed by atoms with E-state index >= 15 is 0 Å². The molecule has 0 radical (unpaired) electrons. The fourth-order valence-electron chi connectivity index (χ4n) is 3.06. The molecule has 0 aromatic heterocycles. The quantitative estimate of drug-likeness (QED) is 0.733. The first-order valence-electron chi connectivity index (χ1n) is 8.01. The molecule has 0 atom stereocenters. The largest absolute Gasteiger partial charge is 0.362 e. The first kappa shape index (κ1) is 17.3. The number of rotatable bonds is 3. The molecule has 0 amide bonds. The molecule has 0 saturated carbocycles. The van der Waals surface area contributed by atoms with Crippen molar-refractivity contribution >= 4 is 22.0 Å². The van der Waals surface area contributed by atoms with E-state index in [1.54, 1.807) is 10.4 Å². The van der Waals surface area contributed by atoms with Gasteiger partial charge in [0.05, 0.1) is 16.1 Å². The van der Waals surface area contributed by atoms with E-state index < -0.39 is 16.1 Å². The van der Waals surface area contributed by atoms with Gasteiger partial charge in [0, 0.05) is 39.3 Å². The van der Waals surface area contributed by atoms with Gasteiger partial charge in [-0.2, -0.15) is 0 Å². The third-order valence-corrected chi connectivity index (χ3v) is 8.22. The summed E-state index contributed by atoms with van der Waals surface area (Å²) in [7, 11) is 5.60. The minimum atomic E-state index is -1.42. The number of nitrogens with zero attached hydrogens (tertiary/aromatic N) is 3. The minimum absolute atomic E-state index is 1.14. The van der Waals surface area contributed by atoms with Crippen molar-refractivity contribution < 1.29 is 0 Å². The minimum Gasteiger partial charge on any atom is -0.362 e. The van der Waals surface area contributed by atoms with Crippen LogP contribution in [0.4, 0.5) is 0 Å². The highest BCUT2D eigenvalue weighted by molar-refractivity contribution is 6.87. The van der Waals surface area contributed by atoms with Gasteiger partial charge >= 0.3 is 0 Å². The van der Waals surface area contributed by atoms with Crippen molar-refractivity contribution in [1.82, 2.24) is 9.80 Å². The van der Waals surface area contributed by atoms with Crippen molar-refractivity contribution in [1.29, 1.82) is 0 Å². The van der Waals surface area contributed by atoms with E-state index in [0.29, 0.717) is 0 Å². The van der Waals surface area contributed by atoms with Crippen molar-refractivity contribution in [3.05, 3.63) is 33.4 Å². The molecule has 2 rings (SSSR count). The summed E-state index contributed by atoms with van der Waals surface area (Å²) >= 11 is 0. The van der Waals surface area contributed by atoms with E-state index in [9.17, 15) is 0 Å². The summed E-state index contributed by atoms with van der Waals surface area (Å²) < 4.78 is 0. The summed E-state index contributed by atoms with van der Waals surface area (Å²) in [6.45, 7) is 14.7. The van der Waals surface area contributed by atoms with Crippen LogP contribution in [0.3, 0.4) is 0 Å². The molecule has 2 aliphatic rings. The first-order valence-corrected chi connectivity index (χ1v) is 15.0. The lowest BCUT2D eigenvalue weighted by molar-refractivity contribution is 0.503. The topological polar surface area (TPSA) is 18.8 Å². The van der Waals surface area contributed by atoms with E-state index in [4.69, 9.17) is 4.99 Å². The van der Waals surface area contributed by atoms with Crippen molar-refractivity contribution in [2.24, 2.45) is 4.99 Å². The highest BCUT2D eigenvalue weighted by atomic mass is 28.3. The molecule has 22 heavy (non-hydrogen) atoms. The molecule has 3 nitrogen and oxygen atoms in total. The Hall–Kier alpha value is -1.08.